The standard InChI is InChI=1S/C24H23Cl2NO6S/c1-4-14(2)33-22(28)12-27-23(29)21(34-24(27)30)10-15-5-8-19(20(9-15)31-3)32-13-16-6-7-17(25)11-18(16)26/h5-11,14H,4,12-13H2,1-3H3/b21-10+/t14-/m1/s1. The molecule has 0 spiro atoms. The summed E-state index contributed by atoms with van der Waals surface area (Å²) in [6.45, 7) is 3.40. The minimum absolute atomic E-state index is 0.199. The molecule has 0 aromatic heterocycles. The number of esters is 1. The van der Waals surface area contributed by atoms with Gasteiger partial charge < -0.3 is 14.2 Å². The predicted molar refractivity (Wildman–Crippen MR) is 132 cm³/mol. The second-order valence-corrected chi connectivity index (χ2v) is 9.25. The van der Waals surface area contributed by atoms with E-state index in [0.717, 1.165) is 22.2 Å². The second-order valence-electron chi connectivity index (χ2n) is 7.41. The number of rotatable bonds is 9. The van der Waals surface area contributed by atoms with Crippen molar-refractivity contribution in [2.75, 3.05) is 13.7 Å². The van der Waals surface area contributed by atoms with Crippen molar-refractivity contribution in [3.05, 3.63) is 62.5 Å². The zero-order chi connectivity index (χ0) is 24.8. The van der Waals surface area contributed by atoms with Gasteiger partial charge in [0.1, 0.15) is 13.2 Å². The minimum Gasteiger partial charge on any atom is -0.493 e. The lowest BCUT2D eigenvalue weighted by Crippen LogP contribution is -2.35. The van der Waals surface area contributed by atoms with Gasteiger partial charge in [0.15, 0.2) is 11.5 Å². The fourth-order valence-electron chi connectivity index (χ4n) is 2.95. The molecule has 34 heavy (non-hydrogen) atoms. The maximum atomic E-state index is 12.7. The minimum atomic E-state index is -0.623. The molecule has 0 radical (unpaired) electrons. The van der Waals surface area contributed by atoms with Crippen LogP contribution in [0, 0.1) is 0 Å². The Hall–Kier alpha value is -2.68. The topological polar surface area (TPSA) is 82.1 Å². The number of hydrogen-bond acceptors (Lipinski definition) is 7. The van der Waals surface area contributed by atoms with Gasteiger partial charge in [-0.3, -0.25) is 19.3 Å². The monoisotopic (exact) mass is 523 g/mol. The average Bonchev–Trinajstić information content (AvgIpc) is 3.06. The van der Waals surface area contributed by atoms with Crippen molar-refractivity contribution in [3.8, 4) is 11.5 Å². The van der Waals surface area contributed by atoms with Crippen molar-refractivity contribution in [2.45, 2.75) is 33.0 Å². The van der Waals surface area contributed by atoms with E-state index in [1.165, 1.54) is 7.11 Å². The molecule has 1 aliphatic rings. The third kappa shape index (κ3) is 6.46. The summed E-state index contributed by atoms with van der Waals surface area (Å²) in [5.74, 6) is -0.253. The maximum absolute atomic E-state index is 12.7. The molecule has 0 bridgehead atoms. The summed E-state index contributed by atoms with van der Waals surface area (Å²) >= 11 is 12.9. The molecule has 0 unspecified atom stereocenters. The SMILES string of the molecule is CC[C@@H](C)OC(=O)CN1C(=O)S/C(=C/c2ccc(OCc3ccc(Cl)cc3Cl)c(OC)c2)C1=O. The Morgan fingerprint density at radius 3 is 2.59 bits per heavy atom. The first-order valence-corrected chi connectivity index (χ1v) is 12.0. The molecule has 0 N–H and O–H groups in total. The van der Waals surface area contributed by atoms with Crippen LogP contribution < -0.4 is 9.47 Å². The van der Waals surface area contributed by atoms with Crippen molar-refractivity contribution in [2.24, 2.45) is 0 Å². The van der Waals surface area contributed by atoms with E-state index >= 15 is 0 Å². The van der Waals surface area contributed by atoms with Gasteiger partial charge in [0.05, 0.1) is 18.1 Å². The van der Waals surface area contributed by atoms with E-state index in [2.05, 4.69) is 0 Å². The highest BCUT2D eigenvalue weighted by atomic mass is 35.5. The van der Waals surface area contributed by atoms with Gasteiger partial charge in [-0.25, -0.2) is 0 Å². The first kappa shape index (κ1) is 25.9. The third-order valence-corrected chi connectivity index (χ3v) is 6.45. The number of hydrogen-bond donors (Lipinski definition) is 0. The van der Waals surface area contributed by atoms with Crippen LogP contribution in [0.2, 0.25) is 10.0 Å². The van der Waals surface area contributed by atoms with E-state index in [-0.39, 0.29) is 17.6 Å². The maximum Gasteiger partial charge on any atom is 0.326 e. The molecule has 7 nitrogen and oxygen atoms in total. The zero-order valence-corrected chi connectivity index (χ0v) is 21.1. The van der Waals surface area contributed by atoms with E-state index in [0.29, 0.717) is 33.5 Å². The summed E-state index contributed by atoms with van der Waals surface area (Å²) in [4.78, 5) is 38.0. The van der Waals surface area contributed by atoms with E-state index < -0.39 is 23.7 Å². The number of methoxy groups -OCH3 is 1. The summed E-state index contributed by atoms with van der Waals surface area (Å²) in [7, 11) is 1.50. The van der Waals surface area contributed by atoms with E-state index in [1.807, 2.05) is 6.92 Å². The Balaban J connectivity index is 1.71. The Bertz CT molecular complexity index is 1140. The van der Waals surface area contributed by atoms with E-state index in [1.54, 1.807) is 49.4 Å². The van der Waals surface area contributed by atoms with Gasteiger partial charge in [-0.05, 0) is 61.0 Å². The number of carbonyl (C=O) groups is 3. The van der Waals surface area contributed by atoms with Gasteiger partial charge in [0.2, 0.25) is 0 Å². The molecule has 2 aromatic carbocycles. The molecule has 2 aromatic rings. The van der Waals surface area contributed by atoms with Crippen LogP contribution in [0.4, 0.5) is 4.79 Å². The first-order valence-electron chi connectivity index (χ1n) is 10.4. The largest absolute Gasteiger partial charge is 0.493 e. The molecule has 0 saturated carbocycles. The van der Waals surface area contributed by atoms with E-state index in [9.17, 15) is 14.4 Å². The van der Waals surface area contributed by atoms with Crippen molar-refractivity contribution in [3.63, 3.8) is 0 Å². The molecule has 1 fully saturated rings. The number of benzene rings is 2. The van der Waals surface area contributed by atoms with Crippen molar-refractivity contribution < 1.29 is 28.6 Å². The zero-order valence-electron chi connectivity index (χ0n) is 18.8. The van der Waals surface area contributed by atoms with Gasteiger partial charge in [-0.15, -0.1) is 0 Å². The lowest BCUT2D eigenvalue weighted by atomic mass is 10.1. The van der Waals surface area contributed by atoms with Gasteiger partial charge in [0.25, 0.3) is 11.1 Å². The van der Waals surface area contributed by atoms with E-state index in [4.69, 9.17) is 37.4 Å². The van der Waals surface area contributed by atoms with Crippen LogP contribution in [0.15, 0.2) is 41.3 Å². The van der Waals surface area contributed by atoms with Crippen molar-refractivity contribution in [1.29, 1.82) is 0 Å². The van der Waals surface area contributed by atoms with Crippen LogP contribution in [-0.2, 0) is 20.9 Å². The van der Waals surface area contributed by atoms with Crippen molar-refractivity contribution in [1.82, 2.24) is 4.90 Å². The van der Waals surface area contributed by atoms with Gasteiger partial charge >= 0.3 is 5.97 Å². The molecule has 3 rings (SSSR count). The highest BCUT2D eigenvalue weighted by Gasteiger charge is 2.36. The number of ether oxygens (including phenoxy) is 3. The van der Waals surface area contributed by atoms with Crippen LogP contribution in [0.1, 0.15) is 31.4 Å². The first-order chi connectivity index (χ1) is 16.2. The second kappa shape index (κ2) is 11.6. The number of halogens is 2. The molecule has 10 heteroatoms. The summed E-state index contributed by atoms with van der Waals surface area (Å²) in [6.07, 6.45) is 1.92. The summed E-state index contributed by atoms with van der Waals surface area (Å²) in [5.41, 5.74) is 1.39. The summed E-state index contributed by atoms with van der Waals surface area (Å²) in [5, 5.41) is 0.503. The summed E-state index contributed by atoms with van der Waals surface area (Å²) in [6, 6.07) is 10.3. The van der Waals surface area contributed by atoms with Crippen LogP contribution >= 0.6 is 35.0 Å². The normalized spacial score (nSPS) is 15.6. The molecule has 1 heterocycles. The third-order valence-electron chi connectivity index (χ3n) is 4.95. The fourth-order valence-corrected chi connectivity index (χ4v) is 4.25. The quantitative estimate of drug-likeness (QED) is 0.296. The van der Waals surface area contributed by atoms with Crippen molar-refractivity contribution >= 4 is 58.2 Å². The highest BCUT2D eigenvalue weighted by molar-refractivity contribution is 8.18. The number of thioether (sulfide) groups is 1. The lowest BCUT2D eigenvalue weighted by molar-refractivity contribution is -0.150. The molecular formula is C24H23Cl2NO6S. The number of nitrogens with zero attached hydrogens (tertiary/aromatic N) is 1. The van der Waals surface area contributed by atoms with Crippen LogP contribution in [-0.4, -0.2) is 41.8 Å². The molecule has 1 aliphatic heterocycles. The molecule has 0 aliphatic carbocycles. The molecule has 1 saturated heterocycles. The van der Waals surface area contributed by atoms with Crippen LogP contribution in [0.25, 0.3) is 6.08 Å². The van der Waals surface area contributed by atoms with Gasteiger partial charge in [-0.2, -0.15) is 0 Å². The smallest absolute Gasteiger partial charge is 0.326 e. The Kier molecular flexibility index (Phi) is 8.88. The highest BCUT2D eigenvalue weighted by Crippen LogP contribution is 2.35. The molecule has 2 amide bonds. The lowest BCUT2D eigenvalue weighted by Gasteiger charge is -2.15. The number of imide groups is 1. The number of carbonyl (C=O) groups excluding carboxylic acids is 3. The van der Waals surface area contributed by atoms with Gasteiger partial charge in [-0.1, -0.05) is 42.3 Å². The predicted octanol–water partition coefficient (Wildman–Crippen LogP) is 5.96. The fraction of sp³-hybridized carbons (Fsp3) is 0.292. The summed E-state index contributed by atoms with van der Waals surface area (Å²) < 4.78 is 16.4. The van der Waals surface area contributed by atoms with Crippen LogP contribution in [0.3, 0.4) is 0 Å². The Morgan fingerprint density at radius 1 is 1.15 bits per heavy atom. The molecule has 1 atom stereocenters. The average molecular weight is 524 g/mol. The van der Waals surface area contributed by atoms with Gasteiger partial charge in [0, 0.05) is 15.6 Å². The Labute approximate surface area is 211 Å². The molecular weight excluding hydrogens is 501 g/mol. The van der Waals surface area contributed by atoms with Crippen LogP contribution in [0.5, 0.6) is 11.5 Å². The number of amides is 2. The molecule has 180 valence electrons. The Morgan fingerprint density at radius 2 is 1.91 bits per heavy atom.